The summed E-state index contributed by atoms with van der Waals surface area (Å²) in [5, 5.41) is 5.16. The minimum atomic E-state index is -3.63. The van der Waals surface area contributed by atoms with Crippen LogP contribution >= 0.6 is 0 Å². The fourth-order valence-corrected chi connectivity index (χ4v) is 4.21. The lowest BCUT2D eigenvalue weighted by molar-refractivity contribution is 0.0844. The van der Waals surface area contributed by atoms with Crippen LogP contribution in [0.15, 0.2) is 47.4 Å². The zero-order chi connectivity index (χ0) is 17.4. The molecule has 2 aromatic rings. The Morgan fingerprint density at radius 3 is 2.32 bits per heavy atom. The molecule has 1 aromatic carbocycles. The second-order valence-electron chi connectivity index (χ2n) is 6.94. The van der Waals surface area contributed by atoms with Gasteiger partial charge in [-0.3, -0.25) is 4.98 Å². The SMILES string of the molecule is NS(=O)(=O)c1ccc([C@@H]2C[C@H]2c2cccc(C3CCOCC3)n2)cc1. The highest BCUT2D eigenvalue weighted by atomic mass is 32.2. The summed E-state index contributed by atoms with van der Waals surface area (Å²) in [6, 6.07) is 13.2. The van der Waals surface area contributed by atoms with Crippen molar-refractivity contribution in [1.29, 1.82) is 0 Å². The molecule has 1 aliphatic carbocycles. The number of sulfonamides is 1. The van der Waals surface area contributed by atoms with E-state index < -0.39 is 10.0 Å². The van der Waals surface area contributed by atoms with Crippen molar-refractivity contribution >= 4 is 10.0 Å². The molecule has 4 rings (SSSR count). The molecular formula is C19H22N2O3S. The van der Waals surface area contributed by atoms with Gasteiger partial charge in [0, 0.05) is 36.4 Å². The van der Waals surface area contributed by atoms with E-state index in [4.69, 9.17) is 14.9 Å². The second-order valence-corrected chi connectivity index (χ2v) is 8.50. The Balaban J connectivity index is 1.49. The van der Waals surface area contributed by atoms with Crippen molar-refractivity contribution in [2.24, 2.45) is 5.14 Å². The van der Waals surface area contributed by atoms with Gasteiger partial charge in [0.15, 0.2) is 0 Å². The van der Waals surface area contributed by atoms with Gasteiger partial charge in [0.1, 0.15) is 0 Å². The first-order valence-corrected chi connectivity index (χ1v) is 10.2. The summed E-state index contributed by atoms with van der Waals surface area (Å²) < 4.78 is 28.2. The van der Waals surface area contributed by atoms with E-state index >= 15 is 0 Å². The molecule has 1 aliphatic heterocycles. The summed E-state index contributed by atoms with van der Waals surface area (Å²) in [5.41, 5.74) is 3.47. The number of pyridine rings is 1. The second kappa shape index (κ2) is 6.52. The molecule has 0 radical (unpaired) electrons. The summed E-state index contributed by atoms with van der Waals surface area (Å²) in [4.78, 5) is 5.08. The Kier molecular flexibility index (Phi) is 4.35. The summed E-state index contributed by atoms with van der Waals surface area (Å²) in [6.45, 7) is 1.64. The van der Waals surface area contributed by atoms with Gasteiger partial charge in [-0.05, 0) is 55.0 Å². The maximum absolute atomic E-state index is 11.4. The summed E-state index contributed by atoms with van der Waals surface area (Å²) in [7, 11) is -3.63. The Hall–Kier alpha value is -1.76. The van der Waals surface area contributed by atoms with Gasteiger partial charge in [0.2, 0.25) is 10.0 Å². The van der Waals surface area contributed by atoms with Crippen LogP contribution in [-0.2, 0) is 14.8 Å². The average molecular weight is 358 g/mol. The quantitative estimate of drug-likeness (QED) is 0.911. The number of hydrogen-bond acceptors (Lipinski definition) is 4. The maximum Gasteiger partial charge on any atom is 0.238 e. The van der Waals surface area contributed by atoms with Crippen LogP contribution in [0.4, 0.5) is 0 Å². The number of hydrogen-bond donors (Lipinski definition) is 1. The number of benzene rings is 1. The number of primary sulfonamides is 1. The molecule has 132 valence electrons. The molecule has 25 heavy (non-hydrogen) atoms. The minimum Gasteiger partial charge on any atom is -0.381 e. The topological polar surface area (TPSA) is 82.3 Å². The predicted octanol–water partition coefficient (Wildman–Crippen LogP) is 2.89. The van der Waals surface area contributed by atoms with Crippen molar-refractivity contribution in [3.05, 3.63) is 59.4 Å². The number of nitrogens with zero attached hydrogens (tertiary/aromatic N) is 1. The van der Waals surface area contributed by atoms with Gasteiger partial charge in [-0.25, -0.2) is 13.6 Å². The van der Waals surface area contributed by atoms with E-state index in [1.807, 2.05) is 12.1 Å². The van der Waals surface area contributed by atoms with E-state index in [0.717, 1.165) is 43.7 Å². The molecule has 0 bridgehead atoms. The number of nitrogens with two attached hydrogens (primary N) is 1. The van der Waals surface area contributed by atoms with Crippen LogP contribution < -0.4 is 5.14 Å². The van der Waals surface area contributed by atoms with Crippen LogP contribution in [0.3, 0.4) is 0 Å². The third-order valence-electron chi connectivity index (χ3n) is 5.24. The number of ether oxygens (including phenoxy) is 1. The van der Waals surface area contributed by atoms with E-state index in [1.165, 1.54) is 5.69 Å². The highest BCUT2D eigenvalue weighted by Crippen LogP contribution is 2.54. The lowest BCUT2D eigenvalue weighted by Crippen LogP contribution is -2.15. The molecule has 0 unspecified atom stereocenters. The fraction of sp³-hybridized carbons (Fsp3) is 0.421. The maximum atomic E-state index is 11.4. The lowest BCUT2D eigenvalue weighted by atomic mass is 9.95. The first-order chi connectivity index (χ1) is 12.0. The van der Waals surface area contributed by atoms with Gasteiger partial charge < -0.3 is 4.74 Å². The molecule has 2 heterocycles. The third kappa shape index (κ3) is 3.61. The first-order valence-electron chi connectivity index (χ1n) is 8.70. The molecule has 1 saturated heterocycles. The van der Waals surface area contributed by atoms with Gasteiger partial charge in [0.25, 0.3) is 0 Å². The molecule has 2 aliphatic rings. The molecular weight excluding hydrogens is 336 g/mol. The third-order valence-corrected chi connectivity index (χ3v) is 6.17. The van der Waals surface area contributed by atoms with Crippen molar-refractivity contribution in [2.75, 3.05) is 13.2 Å². The molecule has 1 aromatic heterocycles. The lowest BCUT2D eigenvalue weighted by Gasteiger charge is -2.21. The summed E-state index contributed by atoms with van der Waals surface area (Å²) in [6.07, 6.45) is 3.14. The standard InChI is InChI=1S/C19H22N2O3S/c20-25(22,23)15-6-4-13(5-7-15)16-12-17(16)19-3-1-2-18(21-19)14-8-10-24-11-9-14/h1-7,14,16-17H,8-12H2,(H2,20,22,23)/t16-,17+/m0/s1. The molecule has 2 atom stereocenters. The van der Waals surface area contributed by atoms with E-state index in [1.54, 1.807) is 12.1 Å². The molecule has 1 saturated carbocycles. The largest absolute Gasteiger partial charge is 0.381 e. The molecule has 6 heteroatoms. The van der Waals surface area contributed by atoms with E-state index in [9.17, 15) is 8.42 Å². The van der Waals surface area contributed by atoms with Crippen LogP contribution in [0.25, 0.3) is 0 Å². The Morgan fingerprint density at radius 1 is 0.960 bits per heavy atom. The van der Waals surface area contributed by atoms with Crippen LogP contribution in [0.5, 0.6) is 0 Å². The molecule has 5 nitrogen and oxygen atoms in total. The van der Waals surface area contributed by atoms with Crippen molar-refractivity contribution in [2.45, 2.75) is 41.9 Å². The van der Waals surface area contributed by atoms with Crippen molar-refractivity contribution < 1.29 is 13.2 Å². The number of aromatic nitrogens is 1. The van der Waals surface area contributed by atoms with Crippen LogP contribution in [0.1, 0.15) is 54.0 Å². The zero-order valence-electron chi connectivity index (χ0n) is 14.0. The van der Waals surface area contributed by atoms with E-state index in [2.05, 4.69) is 18.2 Å². The van der Waals surface area contributed by atoms with Crippen molar-refractivity contribution in [3.8, 4) is 0 Å². The van der Waals surface area contributed by atoms with E-state index in [0.29, 0.717) is 17.8 Å². The van der Waals surface area contributed by atoms with Crippen molar-refractivity contribution in [3.63, 3.8) is 0 Å². The van der Waals surface area contributed by atoms with Gasteiger partial charge in [-0.1, -0.05) is 18.2 Å². The van der Waals surface area contributed by atoms with Gasteiger partial charge in [-0.15, -0.1) is 0 Å². The van der Waals surface area contributed by atoms with E-state index in [-0.39, 0.29) is 4.90 Å². The molecule has 0 amide bonds. The smallest absolute Gasteiger partial charge is 0.238 e. The molecule has 0 spiro atoms. The highest BCUT2D eigenvalue weighted by Gasteiger charge is 2.40. The Bertz CT molecular complexity index is 858. The highest BCUT2D eigenvalue weighted by molar-refractivity contribution is 7.89. The fourth-order valence-electron chi connectivity index (χ4n) is 3.69. The summed E-state index contributed by atoms with van der Waals surface area (Å²) in [5.74, 6) is 1.33. The van der Waals surface area contributed by atoms with Gasteiger partial charge in [0.05, 0.1) is 4.90 Å². The first kappa shape index (κ1) is 16.7. The van der Waals surface area contributed by atoms with Crippen LogP contribution in [-0.4, -0.2) is 26.6 Å². The minimum absolute atomic E-state index is 0.160. The summed E-state index contributed by atoms with van der Waals surface area (Å²) >= 11 is 0. The van der Waals surface area contributed by atoms with Gasteiger partial charge in [-0.2, -0.15) is 0 Å². The molecule has 2 fully saturated rings. The predicted molar refractivity (Wildman–Crippen MR) is 94.9 cm³/mol. The average Bonchev–Trinajstić information content (AvgIpc) is 3.43. The monoisotopic (exact) mass is 358 g/mol. The Morgan fingerprint density at radius 2 is 1.64 bits per heavy atom. The Labute approximate surface area is 148 Å². The van der Waals surface area contributed by atoms with Gasteiger partial charge >= 0.3 is 0 Å². The normalized spacial score (nSPS) is 24.2. The number of rotatable bonds is 4. The van der Waals surface area contributed by atoms with Crippen LogP contribution in [0, 0.1) is 0 Å². The molecule has 2 N–H and O–H groups in total. The van der Waals surface area contributed by atoms with Crippen molar-refractivity contribution in [1.82, 2.24) is 4.98 Å². The van der Waals surface area contributed by atoms with Crippen LogP contribution in [0.2, 0.25) is 0 Å². The zero-order valence-corrected chi connectivity index (χ0v) is 14.8.